The summed E-state index contributed by atoms with van der Waals surface area (Å²) in [5, 5.41) is 4.35. The Morgan fingerprint density at radius 3 is 2.58 bits per heavy atom. The van der Waals surface area contributed by atoms with Gasteiger partial charge in [0, 0.05) is 11.8 Å². The van der Waals surface area contributed by atoms with E-state index in [2.05, 4.69) is 42.6 Å². The highest BCUT2D eigenvalue weighted by molar-refractivity contribution is 6.06. The second-order valence-corrected chi connectivity index (χ2v) is 5.77. The van der Waals surface area contributed by atoms with Gasteiger partial charge in [-0.3, -0.25) is 4.79 Å². The van der Waals surface area contributed by atoms with Crippen molar-refractivity contribution in [2.75, 3.05) is 0 Å². The first-order valence-corrected chi connectivity index (χ1v) is 7.12. The van der Waals surface area contributed by atoms with Crippen LogP contribution in [-0.4, -0.2) is 11.6 Å². The quantitative estimate of drug-likeness (QED) is 0.824. The Morgan fingerprint density at radius 2 is 1.84 bits per heavy atom. The van der Waals surface area contributed by atoms with Crippen LogP contribution >= 0.6 is 0 Å². The van der Waals surface area contributed by atoms with Gasteiger partial charge >= 0.3 is 0 Å². The predicted molar refractivity (Wildman–Crippen MR) is 76.0 cm³/mol. The summed E-state index contributed by atoms with van der Waals surface area (Å²) in [7, 11) is 0. The molecule has 1 N–H and O–H groups in total. The molecular weight excluding hydrogens is 236 g/mol. The Balaban J connectivity index is 1.98. The van der Waals surface area contributed by atoms with Crippen LogP contribution in [0.15, 0.2) is 23.3 Å². The Morgan fingerprint density at radius 1 is 1.11 bits per heavy atom. The molecular formula is C16H20N2O. The zero-order valence-electron chi connectivity index (χ0n) is 11.6. The van der Waals surface area contributed by atoms with Crippen molar-refractivity contribution in [1.82, 2.24) is 5.43 Å². The molecule has 1 fully saturated rings. The fraction of sp³-hybridized carbons (Fsp3) is 0.500. The SMILES string of the molecule is Cc1ccc(C2=NNC(=O)[C@@H]3CCCC[C@H]23)cc1C. The van der Waals surface area contributed by atoms with E-state index < -0.39 is 0 Å². The molecule has 0 radical (unpaired) electrons. The number of amides is 1. The van der Waals surface area contributed by atoms with E-state index in [-0.39, 0.29) is 11.8 Å². The molecule has 1 saturated carbocycles. The van der Waals surface area contributed by atoms with Gasteiger partial charge < -0.3 is 0 Å². The molecule has 3 rings (SSSR count). The van der Waals surface area contributed by atoms with E-state index in [0.717, 1.165) is 25.0 Å². The second kappa shape index (κ2) is 4.80. The summed E-state index contributed by atoms with van der Waals surface area (Å²) in [4.78, 5) is 11.9. The standard InChI is InChI=1S/C16H20N2O/c1-10-7-8-12(9-11(10)2)15-13-5-3-4-6-14(13)16(19)18-17-15/h7-9,13-14H,3-6H2,1-2H3,(H,18,19)/t13-,14+/m0/s1. The average Bonchev–Trinajstić information content (AvgIpc) is 2.43. The van der Waals surface area contributed by atoms with E-state index in [1.54, 1.807) is 0 Å². The molecule has 3 nitrogen and oxygen atoms in total. The third kappa shape index (κ3) is 2.18. The lowest BCUT2D eigenvalue weighted by Gasteiger charge is -2.34. The van der Waals surface area contributed by atoms with Gasteiger partial charge in [0.15, 0.2) is 0 Å². The van der Waals surface area contributed by atoms with Crippen molar-refractivity contribution in [2.24, 2.45) is 16.9 Å². The van der Waals surface area contributed by atoms with E-state index in [9.17, 15) is 4.79 Å². The Hall–Kier alpha value is -1.64. The van der Waals surface area contributed by atoms with E-state index in [1.165, 1.54) is 23.1 Å². The Bertz CT molecular complexity index is 548. The highest BCUT2D eigenvalue weighted by Crippen LogP contribution is 2.35. The van der Waals surface area contributed by atoms with Gasteiger partial charge in [-0.2, -0.15) is 5.10 Å². The number of hydrazone groups is 1. The number of nitrogens with zero attached hydrogens (tertiary/aromatic N) is 1. The minimum absolute atomic E-state index is 0.109. The zero-order valence-corrected chi connectivity index (χ0v) is 11.6. The van der Waals surface area contributed by atoms with Crippen LogP contribution in [0.2, 0.25) is 0 Å². The highest BCUT2D eigenvalue weighted by atomic mass is 16.2. The average molecular weight is 256 g/mol. The van der Waals surface area contributed by atoms with Gasteiger partial charge in [-0.1, -0.05) is 25.0 Å². The number of carbonyl (C=O) groups is 1. The molecule has 0 bridgehead atoms. The molecule has 0 unspecified atom stereocenters. The monoisotopic (exact) mass is 256 g/mol. The maximum absolute atomic E-state index is 11.9. The fourth-order valence-electron chi connectivity index (χ4n) is 3.23. The van der Waals surface area contributed by atoms with Crippen LogP contribution in [0.4, 0.5) is 0 Å². The minimum Gasteiger partial charge on any atom is -0.273 e. The second-order valence-electron chi connectivity index (χ2n) is 5.77. The lowest BCUT2D eigenvalue weighted by molar-refractivity contribution is -0.127. The molecule has 1 amide bonds. The molecule has 1 heterocycles. The van der Waals surface area contributed by atoms with Gasteiger partial charge in [0.25, 0.3) is 0 Å². The molecule has 19 heavy (non-hydrogen) atoms. The van der Waals surface area contributed by atoms with Crippen molar-refractivity contribution in [3.63, 3.8) is 0 Å². The van der Waals surface area contributed by atoms with Gasteiger partial charge in [0.1, 0.15) is 0 Å². The topological polar surface area (TPSA) is 41.5 Å². The van der Waals surface area contributed by atoms with Gasteiger partial charge in [-0.15, -0.1) is 0 Å². The lowest BCUT2D eigenvalue weighted by Crippen LogP contribution is -2.43. The van der Waals surface area contributed by atoms with Crippen LogP contribution in [0, 0.1) is 25.7 Å². The summed E-state index contributed by atoms with van der Waals surface area (Å²) < 4.78 is 0. The molecule has 3 heteroatoms. The van der Waals surface area contributed by atoms with Crippen LogP contribution in [0.3, 0.4) is 0 Å². The Kier molecular flexibility index (Phi) is 3.13. The third-order valence-corrected chi connectivity index (χ3v) is 4.54. The Labute approximate surface area is 114 Å². The highest BCUT2D eigenvalue weighted by Gasteiger charge is 2.37. The van der Waals surface area contributed by atoms with Crippen LogP contribution in [0.1, 0.15) is 42.4 Å². The van der Waals surface area contributed by atoms with Crippen LogP contribution in [0.5, 0.6) is 0 Å². The summed E-state index contributed by atoms with van der Waals surface area (Å²) in [5.74, 6) is 0.546. The van der Waals surface area contributed by atoms with Gasteiger partial charge in [-0.05, 0) is 49.4 Å². The van der Waals surface area contributed by atoms with E-state index in [1.807, 2.05) is 0 Å². The zero-order chi connectivity index (χ0) is 13.4. The van der Waals surface area contributed by atoms with Gasteiger partial charge in [0.2, 0.25) is 5.91 Å². The first-order chi connectivity index (χ1) is 9.16. The van der Waals surface area contributed by atoms with Crippen molar-refractivity contribution in [3.8, 4) is 0 Å². The fourth-order valence-corrected chi connectivity index (χ4v) is 3.23. The van der Waals surface area contributed by atoms with Crippen molar-refractivity contribution in [3.05, 3.63) is 34.9 Å². The maximum atomic E-state index is 11.9. The van der Waals surface area contributed by atoms with Crippen LogP contribution < -0.4 is 5.43 Å². The van der Waals surface area contributed by atoms with Crippen molar-refractivity contribution in [2.45, 2.75) is 39.5 Å². The smallest absolute Gasteiger partial charge is 0.243 e. The van der Waals surface area contributed by atoms with E-state index in [0.29, 0.717) is 5.92 Å². The molecule has 0 saturated heterocycles. The summed E-state index contributed by atoms with van der Waals surface area (Å²) in [6.07, 6.45) is 4.46. The van der Waals surface area contributed by atoms with Crippen molar-refractivity contribution in [1.29, 1.82) is 0 Å². The normalized spacial score (nSPS) is 26.4. The van der Waals surface area contributed by atoms with Crippen molar-refractivity contribution < 1.29 is 4.79 Å². The summed E-state index contributed by atoms with van der Waals surface area (Å²) in [6, 6.07) is 6.46. The van der Waals surface area contributed by atoms with Gasteiger partial charge in [0.05, 0.1) is 5.71 Å². The number of rotatable bonds is 1. The molecule has 0 spiro atoms. The number of hydrogen-bond donors (Lipinski definition) is 1. The number of hydrogen-bond acceptors (Lipinski definition) is 2. The number of carbonyl (C=O) groups excluding carboxylic acids is 1. The summed E-state index contributed by atoms with van der Waals surface area (Å²) in [5.41, 5.74) is 7.53. The third-order valence-electron chi connectivity index (χ3n) is 4.54. The molecule has 0 aromatic heterocycles. The van der Waals surface area contributed by atoms with Crippen LogP contribution in [-0.2, 0) is 4.79 Å². The molecule has 1 aliphatic carbocycles. The molecule has 100 valence electrons. The van der Waals surface area contributed by atoms with E-state index in [4.69, 9.17) is 0 Å². The summed E-state index contributed by atoms with van der Waals surface area (Å²) in [6.45, 7) is 4.24. The molecule has 1 aliphatic heterocycles. The number of nitrogens with one attached hydrogen (secondary N) is 1. The predicted octanol–water partition coefficient (Wildman–Crippen LogP) is 2.94. The van der Waals surface area contributed by atoms with Gasteiger partial charge in [-0.25, -0.2) is 5.43 Å². The first kappa shape index (κ1) is 12.4. The van der Waals surface area contributed by atoms with E-state index >= 15 is 0 Å². The molecule has 2 aliphatic rings. The lowest BCUT2D eigenvalue weighted by atomic mass is 9.74. The molecule has 2 atom stereocenters. The van der Waals surface area contributed by atoms with Crippen LogP contribution in [0.25, 0.3) is 0 Å². The van der Waals surface area contributed by atoms with Crippen molar-refractivity contribution >= 4 is 11.6 Å². The maximum Gasteiger partial charge on any atom is 0.243 e. The molecule has 1 aromatic rings. The number of fused-ring (bicyclic) bond motifs is 1. The first-order valence-electron chi connectivity index (χ1n) is 7.12. The minimum atomic E-state index is 0.109. The number of aryl methyl sites for hydroxylation is 2. The molecule has 1 aromatic carbocycles. The number of benzene rings is 1. The summed E-state index contributed by atoms with van der Waals surface area (Å²) >= 11 is 0. The largest absolute Gasteiger partial charge is 0.273 e.